The highest BCUT2D eigenvalue weighted by atomic mass is 19.3. The molecule has 1 N–H and O–H groups in total. The molecular weight excluding hydrogens is 192 g/mol. The summed E-state index contributed by atoms with van der Waals surface area (Å²) in [7, 11) is 0. The van der Waals surface area contributed by atoms with Crippen LogP contribution in [0.15, 0.2) is 0 Å². The fourth-order valence-electron chi connectivity index (χ4n) is 1.44. The Morgan fingerprint density at radius 2 is 1.86 bits per heavy atom. The molecule has 0 radical (unpaired) electrons. The number of carbonyl (C=O) groups is 1. The lowest BCUT2D eigenvalue weighted by Gasteiger charge is -2.29. The van der Waals surface area contributed by atoms with Crippen molar-refractivity contribution in [2.75, 3.05) is 13.2 Å². The summed E-state index contributed by atoms with van der Waals surface area (Å²) in [6, 6.07) is -0.205. The first-order valence-electron chi connectivity index (χ1n) is 4.77. The number of hydrogen-bond donors (Lipinski definition) is 1. The Balaban J connectivity index is 4.47. The topological polar surface area (TPSA) is 40.5 Å². The summed E-state index contributed by atoms with van der Waals surface area (Å²) in [5.74, 6) is -1.19. The molecule has 0 unspecified atom stereocenters. The summed E-state index contributed by atoms with van der Waals surface area (Å²) in [6.07, 6.45) is -1.74. The fraction of sp³-hybridized carbons (Fsp3) is 0.889. The van der Waals surface area contributed by atoms with Gasteiger partial charge in [-0.3, -0.25) is 4.79 Å². The smallest absolute Gasteiger partial charge is 0.315 e. The zero-order valence-corrected chi connectivity index (χ0v) is 8.54. The van der Waals surface area contributed by atoms with E-state index >= 15 is 0 Å². The largest absolute Gasteiger partial charge is 0.395 e. The van der Waals surface area contributed by atoms with Gasteiger partial charge in [0.15, 0.2) is 0 Å². The number of nitrogens with zero attached hydrogens (tertiary/aromatic N) is 1. The van der Waals surface area contributed by atoms with Crippen LogP contribution >= 0.6 is 0 Å². The Kier molecular flexibility index (Phi) is 6.36. The lowest BCUT2D eigenvalue weighted by Crippen LogP contribution is -2.44. The van der Waals surface area contributed by atoms with E-state index < -0.39 is 12.3 Å². The van der Waals surface area contributed by atoms with Gasteiger partial charge in [0.2, 0.25) is 0 Å². The Morgan fingerprint density at radius 3 is 2.14 bits per heavy atom. The molecule has 0 aliphatic carbocycles. The number of aliphatic hydroxyl groups is 1. The molecule has 0 aromatic carbocycles. The number of alkyl halides is 2. The summed E-state index contributed by atoms with van der Waals surface area (Å²) in [5, 5.41) is 8.67. The first-order valence-corrected chi connectivity index (χ1v) is 4.77. The number of halogens is 2. The molecule has 0 saturated heterocycles. The molecule has 0 bridgehead atoms. The van der Waals surface area contributed by atoms with Crippen molar-refractivity contribution in [3.63, 3.8) is 0 Å². The minimum Gasteiger partial charge on any atom is -0.395 e. The van der Waals surface area contributed by atoms with Crippen molar-refractivity contribution in [1.82, 2.24) is 4.90 Å². The summed E-state index contributed by atoms with van der Waals surface area (Å²) >= 11 is 0. The first kappa shape index (κ1) is 13.3. The van der Waals surface area contributed by atoms with Gasteiger partial charge in [-0.05, 0) is 12.8 Å². The Hall–Kier alpha value is -0.710. The maximum Gasteiger partial charge on any atom is 0.315 e. The van der Waals surface area contributed by atoms with Crippen LogP contribution in [0.1, 0.15) is 26.7 Å². The quantitative estimate of drug-likeness (QED) is 0.715. The van der Waals surface area contributed by atoms with Crippen LogP contribution in [0.5, 0.6) is 0 Å². The van der Waals surface area contributed by atoms with E-state index in [4.69, 9.17) is 5.11 Å². The monoisotopic (exact) mass is 209 g/mol. The van der Waals surface area contributed by atoms with E-state index in [9.17, 15) is 13.6 Å². The van der Waals surface area contributed by atoms with E-state index in [2.05, 4.69) is 0 Å². The van der Waals surface area contributed by atoms with Gasteiger partial charge in [0.05, 0.1) is 6.61 Å². The van der Waals surface area contributed by atoms with Crippen molar-refractivity contribution in [3.8, 4) is 0 Å². The standard InChI is InChI=1S/C9H17F2NO2/c1-3-7(4-2)12(5-6-13)9(14)8(10)11/h7-8,13H,3-6H2,1-2H3. The molecule has 0 atom stereocenters. The highest BCUT2D eigenvalue weighted by molar-refractivity contribution is 5.79. The number of carbonyl (C=O) groups excluding carboxylic acids is 1. The van der Waals surface area contributed by atoms with Gasteiger partial charge in [-0.2, -0.15) is 8.78 Å². The van der Waals surface area contributed by atoms with Crippen LogP contribution in [0.3, 0.4) is 0 Å². The Labute approximate surface area is 82.7 Å². The average molecular weight is 209 g/mol. The van der Waals surface area contributed by atoms with E-state index in [1.165, 1.54) is 0 Å². The van der Waals surface area contributed by atoms with Gasteiger partial charge >= 0.3 is 6.43 Å². The third-order valence-corrected chi connectivity index (χ3v) is 2.19. The van der Waals surface area contributed by atoms with Crippen LogP contribution < -0.4 is 0 Å². The maximum atomic E-state index is 12.2. The van der Waals surface area contributed by atoms with Crippen LogP contribution in [0.2, 0.25) is 0 Å². The van der Waals surface area contributed by atoms with Crippen molar-refractivity contribution >= 4 is 5.91 Å². The van der Waals surface area contributed by atoms with Crippen LogP contribution in [0, 0.1) is 0 Å². The highest BCUT2D eigenvalue weighted by Gasteiger charge is 2.27. The van der Waals surface area contributed by atoms with Crippen LogP contribution in [0.4, 0.5) is 8.78 Å². The summed E-state index contributed by atoms with van der Waals surface area (Å²) < 4.78 is 24.3. The van der Waals surface area contributed by atoms with Crippen molar-refractivity contribution < 1.29 is 18.7 Å². The second-order valence-corrected chi connectivity index (χ2v) is 3.03. The Morgan fingerprint density at radius 1 is 1.36 bits per heavy atom. The van der Waals surface area contributed by atoms with Gasteiger partial charge in [0, 0.05) is 12.6 Å². The molecule has 0 aliphatic heterocycles. The molecule has 5 heteroatoms. The van der Waals surface area contributed by atoms with E-state index in [0.717, 1.165) is 4.90 Å². The molecule has 3 nitrogen and oxygen atoms in total. The summed E-state index contributed by atoms with van der Waals surface area (Å²) in [4.78, 5) is 12.1. The van der Waals surface area contributed by atoms with Crippen LogP contribution in [-0.4, -0.2) is 41.5 Å². The number of aliphatic hydroxyl groups excluding tert-OH is 1. The van der Waals surface area contributed by atoms with Crippen LogP contribution in [0.25, 0.3) is 0 Å². The van der Waals surface area contributed by atoms with Crippen molar-refractivity contribution in [2.45, 2.75) is 39.2 Å². The fourth-order valence-corrected chi connectivity index (χ4v) is 1.44. The maximum absolute atomic E-state index is 12.2. The zero-order chi connectivity index (χ0) is 11.1. The summed E-state index contributed by atoms with van der Waals surface area (Å²) in [6.45, 7) is 3.36. The third kappa shape index (κ3) is 3.57. The normalized spacial score (nSPS) is 11.1. The predicted octanol–water partition coefficient (Wildman–Crippen LogP) is 1.26. The van der Waals surface area contributed by atoms with E-state index in [-0.39, 0.29) is 19.2 Å². The molecule has 0 aromatic heterocycles. The highest BCUT2D eigenvalue weighted by Crippen LogP contribution is 2.11. The molecule has 0 saturated carbocycles. The van der Waals surface area contributed by atoms with E-state index in [1.807, 2.05) is 13.8 Å². The molecule has 14 heavy (non-hydrogen) atoms. The second kappa shape index (κ2) is 6.70. The van der Waals surface area contributed by atoms with Gasteiger partial charge in [0.1, 0.15) is 0 Å². The SMILES string of the molecule is CCC(CC)N(CCO)C(=O)C(F)F. The molecule has 1 amide bonds. The minimum absolute atomic E-state index is 0.0183. The average Bonchev–Trinajstić information content (AvgIpc) is 2.17. The number of amides is 1. The minimum atomic E-state index is -2.98. The number of hydrogen-bond acceptors (Lipinski definition) is 2. The molecular formula is C9H17F2NO2. The molecule has 0 heterocycles. The molecule has 84 valence electrons. The van der Waals surface area contributed by atoms with Crippen molar-refractivity contribution in [1.29, 1.82) is 0 Å². The number of rotatable bonds is 6. The van der Waals surface area contributed by atoms with Gasteiger partial charge < -0.3 is 10.0 Å². The van der Waals surface area contributed by atoms with Crippen molar-refractivity contribution in [3.05, 3.63) is 0 Å². The van der Waals surface area contributed by atoms with E-state index in [1.54, 1.807) is 0 Å². The second-order valence-electron chi connectivity index (χ2n) is 3.03. The van der Waals surface area contributed by atoms with E-state index in [0.29, 0.717) is 12.8 Å². The molecule has 0 aromatic rings. The molecule has 0 fully saturated rings. The van der Waals surface area contributed by atoms with Crippen LogP contribution in [-0.2, 0) is 4.79 Å². The molecule has 0 rings (SSSR count). The zero-order valence-electron chi connectivity index (χ0n) is 8.54. The lowest BCUT2D eigenvalue weighted by molar-refractivity contribution is -0.146. The van der Waals surface area contributed by atoms with Gasteiger partial charge in [-0.25, -0.2) is 0 Å². The Bertz CT molecular complexity index is 172. The summed E-state index contributed by atoms with van der Waals surface area (Å²) in [5.41, 5.74) is 0. The first-order chi connectivity index (χ1) is 6.58. The molecule has 0 spiro atoms. The van der Waals surface area contributed by atoms with Gasteiger partial charge in [0.25, 0.3) is 5.91 Å². The predicted molar refractivity (Wildman–Crippen MR) is 49.2 cm³/mol. The molecule has 0 aliphatic rings. The van der Waals surface area contributed by atoms with Crippen molar-refractivity contribution in [2.24, 2.45) is 0 Å². The lowest BCUT2D eigenvalue weighted by atomic mass is 10.1. The third-order valence-electron chi connectivity index (χ3n) is 2.19. The van der Waals surface area contributed by atoms with Gasteiger partial charge in [-0.15, -0.1) is 0 Å². The van der Waals surface area contributed by atoms with Gasteiger partial charge in [-0.1, -0.05) is 13.8 Å².